The zero-order valence-electron chi connectivity index (χ0n) is 9.04. The Hall–Kier alpha value is 0.0569. The second-order valence-electron chi connectivity index (χ2n) is 3.38. The normalized spacial score (nSPS) is 12.5. The highest BCUT2D eigenvalue weighted by Crippen LogP contribution is 2.13. The molecule has 0 aromatic carbocycles. The fourth-order valence-electron chi connectivity index (χ4n) is 1.16. The Morgan fingerprint density at radius 3 is 2.08 bits per heavy atom. The third-order valence-electron chi connectivity index (χ3n) is 2.15. The molecule has 0 rings (SSSR count). The Bertz CT molecular complexity index is 120. The molecule has 0 aliphatic carbocycles. The Morgan fingerprint density at radius 2 is 1.77 bits per heavy atom. The minimum atomic E-state index is -2.26. The molecule has 0 unspecified atom stereocenters. The third kappa shape index (κ3) is 4.73. The summed E-state index contributed by atoms with van der Waals surface area (Å²) in [4.78, 5) is 2.11. The second-order valence-corrected chi connectivity index (χ2v) is 6.84. The van der Waals surface area contributed by atoms with Gasteiger partial charge in [-0.05, 0) is 33.1 Å². The van der Waals surface area contributed by atoms with Crippen LogP contribution >= 0.6 is 0 Å². The fourth-order valence-corrected chi connectivity index (χ4v) is 2.85. The maximum atomic E-state index is 9.14. The van der Waals surface area contributed by atoms with Crippen LogP contribution in [-0.4, -0.2) is 59.7 Å². The highest BCUT2D eigenvalue weighted by atomic mass is 28.4. The van der Waals surface area contributed by atoms with Gasteiger partial charge in [-0.2, -0.15) is 0 Å². The number of rotatable bonds is 7. The van der Waals surface area contributed by atoms with Crippen molar-refractivity contribution in [2.24, 2.45) is 0 Å². The maximum absolute atomic E-state index is 9.14. The molecule has 1 N–H and O–H groups in total. The van der Waals surface area contributed by atoms with E-state index in [1.165, 1.54) is 0 Å². The lowest BCUT2D eigenvalue weighted by atomic mass is 10.5. The molecule has 0 saturated heterocycles. The van der Waals surface area contributed by atoms with Crippen LogP contribution in [0.2, 0.25) is 6.04 Å². The minimum Gasteiger partial charge on any atom is -0.396 e. The Balaban J connectivity index is 3.81. The molecule has 4 nitrogen and oxygen atoms in total. The summed E-state index contributed by atoms with van der Waals surface area (Å²) in [5.74, 6) is 0. The van der Waals surface area contributed by atoms with Crippen LogP contribution in [0.5, 0.6) is 0 Å². The number of hydrogen-bond acceptors (Lipinski definition) is 4. The van der Waals surface area contributed by atoms with Gasteiger partial charge in [-0.3, -0.25) is 0 Å². The van der Waals surface area contributed by atoms with Gasteiger partial charge in [-0.1, -0.05) is 0 Å². The van der Waals surface area contributed by atoms with Crippen molar-refractivity contribution in [2.75, 3.05) is 41.1 Å². The highest BCUT2D eigenvalue weighted by Gasteiger charge is 2.33. The average Bonchev–Trinajstić information content (AvgIpc) is 2.13. The van der Waals surface area contributed by atoms with E-state index in [2.05, 4.69) is 4.90 Å². The van der Waals surface area contributed by atoms with Gasteiger partial charge in [0.15, 0.2) is 0 Å². The van der Waals surface area contributed by atoms with Crippen LogP contribution in [0.25, 0.3) is 0 Å². The maximum Gasteiger partial charge on any atom is 0.364 e. The largest absolute Gasteiger partial charge is 0.396 e. The molecule has 0 bridgehead atoms. The van der Waals surface area contributed by atoms with Crippen molar-refractivity contribution in [3.05, 3.63) is 0 Å². The molecule has 13 heavy (non-hydrogen) atoms. The second kappa shape index (κ2) is 6.50. The van der Waals surface area contributed by atoms with E-state index in [0.717, 1.165) is 19.0 Å². The first-order valence-electron chi connectivity index (χ1n) is 4.46. The molecule has 0 heterocycles. The van der Waals surface area contributed by atoms with Crippen LogP contribution in [0, 0.1) is 0 Å². The molecular weight excluding hydrogens is 186 g/mol. The number of hydrogen-bond donors (Lipinski definition) is 1. The van der Waals surface area contributed by atoms with Crippen LogP contribution in [0.15, 0.2) is 0 Å². The predicted molar refractivity (Wildman–Crippen MR) is 54.8 cm³/mol. The molecule has 0 aliphatic heterocycles. The SMILES string of the molecule is CO[Si](CO)(CCCN(C)C)OC. The van der Waals surface area contributed by atoms with Gasteiger partial charge in [0.05, 0.1) is 6.23 Å². The molecule has 0 aromatic rings. The zero-order valence-corrected chi connectivity index (χ0v) is 10.0. The summed E-state index contributed by atoms with van der Waals surface area (Å²) in [7, 11) is 5.03. The molecule has 0 fully saturated rings. The number of aliphatic hydroxyl groups is 1. The van der Waals surface area contributed by atoms with Crippen molar-refractivity contribution in [2.45, 2.75) is 12.5 Å². The summed E-state index contributed by atoms with van der Waals surface area (Å²) in [6.45, 7) is 1.00. The summed E-state index contributed by atoms with van der Waals surface area (Å²) < 4.78 is 10.5. The van der Waals surface area contributed by atoms with E-state index in [0.29, 0.717) is 0 Å². The van der Waals surface area contributed by atoms with Gasteiger partial charge in [-0.25, -0.2) is 0 Å². The van der Waals surface area contributed by atoms with Crippen LogP contribution < -0.4 is 0 Å². The molecule has 0 radical (unpaired) electrons. The van der Waals surface area contributed by atoms with E-state index in [-0.39, 0.29) is 6.23 Å². The Labute approximate surface area is 81.7 Å². The summed E-state index contributed by atoms with van der Waals surface area (Å²) in [6, 6.07) is 0.842. The van der Waals surface area contributed by atoms with Crippen LogP contribution in [0.3, 0.4) is 0 Å². The number of nitrogens with zero attached hydrogens (tertiary/aromatic N) is 1. The minimum absolute atomic E-state index is 0.0351. The Kier molecular flexibility index (Phi) is 6.53. The van der Waals surface area contributed by atoms with Crippen LogP contribution in [0.4, 0.5) is 0 Å². The van der Waals surface area contributed by atoms with Crippen molar-refractivity contribution in [3.8, 4) is 0 Å². The first kappa shape index (κ1) is 13.1. The number of aliphatic hydroxyl groups excluding tert-OH is 1. The molecule has 0 amide bonds. The summed E-state index contributed by atoms with van der Waals surface area (Å²) in [5.41, 5.74) is 0. The van der Waals surface area contributed by atoms with Gasteiger partial charge in [0.25, 0.3) is 0 Å². The summed E-state index contributed by atoms with van der Waals surface area (Å²) in [6.07, 6.45) is 1.04. The highest BCUT2D eigenvalue weighted by molar-refractivity contribution is 6.67. The lowest BCUT2D eigenvalue weighted by Crippen LogP contribution is -2.45. The van der Waals surface area contributed by atoms with E-state index in [1.54, 1.807) is 14.2 Å². The predicted octanol–water partition coefficient (Wildman–Crippen LogP) is 0.205. The molecule has 80 valence electrons. The topological polar surface area (TPSA) is 41.9 Å². The molecule has 0 aliphatic rings. The van der Waals surface area contributed by atoms with Crippen LogP contribution in [0.1, 0.15) is 6.42 Å². The average molecular weight is 207 g/mol. The lowest BCUT2D eigenvalue weighted by molar-refractivity contribution is 0.194. The van der Waals surface area contributed by atoms with Crippen molar-refractivity contribution < 1.29 is 14.0 Å². The molecule has 0 aromatic heterocycles. The van der Waals surface area contributed by atoms with Crippen LogP contribution in [-0.2, 0) is 8.85 Å². The van der Waals surface area contributed by atoms with Gasteiger partial charge in [-0.15, -0.1) is 0 Å². The van der Waals surface area contributed by atoms with Gasteiger partial charge < -0.3 is 18.9 Å². The quantitative estimate of drug-likeness (QED) is 0.606. The van der Waals surface area contributed by atoms with E-state index >= 15 is 0 Å². The van der Waals surface area contributed by atoms with Crippen molar-refractivity contribution in [3.63, 3.8) is 0 Å². The molecular formula is C8H21NO3Si. The van der Waals surface area contributed by atoms with Crippen molar-refractivity contribution in [1.82, 2.24) is 4.90 Å². The van der Waals surface area contributed by atoms with Gasteiger partial charge >= 0.3 is 8.56 Å². The van der Waals surface area contributed by atoms with Gasteiger partial charge in [0.2, 0.25) is 0 Å². The molecule has 5 heteroatoms. The van der Waals surface area contributed by atoms with E-state index in [1.807, 2.05) is 14.1 Å². The standard InChI is InChI=1S/C8H21NO3Si/c1-9(2)6-5-7-13(8-10,11-3)12-4/h10H,5-8H2,1-4H3. The summed E-state index contributed by atoms with van der Waals surface area (Å²) in [5, 5.41) is 9.14. The summed E-state index contributed by atoms with van der Waals surface area (Å²) >= 11 is 0. The smallest absolute Gasteiger partial charge is 0.364 e. The fraction of sp³-hybridized carbons (Fsp3) is 1.00. The van der Waals surface area contributed by atoms with Crippen molar-refractivity contribution in [1.29, 1.82) is 0 Å². The van der Waals surface area contributed by atoms with Gasteiger partial charge in [0, 0.05) is 14.2 Å². The molecule has 0 spiro atoms. The van der Waals surface area contributed by atoms with E-state index in [4.69, 9.17) is 14.0 Å². The molecule has 0 atom stereocenters. The third-order valence-corrected chi connectivity index (χ3v) is 5.23. The zero-order chi connectivity index (χ0) is 10.3. The van der Waals surface area contributed by atoms with E-state index in [9.17, 15) is 0 Å². The molecule has 0 saturated carbocycles. The monoisotopic (exact) mass is 207 g/mol. The first-order chi connectivity index (χ1) is 6.10. The van der Waals surface area contributed by atoms with E-state index < -0.39 is 8.56 Å². The van der Waals surface area contributed by atoms with Gasteiger partial charge in [0.1, 0.15) is 0 Å². The first-order valence-corrected chi connectivity index (χ1v) is 6.69. The Morgan fingerprint density at radius 1 is 1.23 bits per heavy atom. The lowest BCUT2D eigenvalue weighted by Gasteiger charge is -2.25. The van der Waals surface area contributed by atoms with Crippen molar-refractivity contribution >= 4 is 8.56 Å².